The number of nitrogens with two attached hydrogens (primary N) is 1. The normalized spacial score (nSPS) is 12.3. The smallest absolute Gasteiger partial charge is 0.247 e. The number of nitrogens with one attached hydrogen (secondary N) is 1. The SMILES string of the molecule is Cc1cc(N)ccc1NC(=O)C(C)n1cnc2ccccc21. The molecule has 2 aromatic carbocycles. The van der Waals surface area contributed by atoms with Gasteiger partial charge in [-0.05, 0) is 49.7 Å². The molecule has 112 valence electrons. The van der Waals surface area contributed by atoms with Gasteiger partial charge in [0.15, 0.2) is 0 Å². The molecule has 1 aromatic heterocycles. The fraction of sp³-hybridized carbons (Fsp3) is 0.176. The number of imidazole rings is 1. The molecule has 0 spiro atoms. The van der Waals surface area contributed by atoms with Gasteiger partial charge in [-0.25, -0.2) is 4.98 Å². The zero-order chi connectivity index (χ0) is 15.7. The van der Waals surface area contributed by atoms with Crippen LogP contribution >= 0.6 is 0 Å². The van der Waals surface area contributed by atoms with Crippen LogP contribution in [0.1, 0.15) is 18.5 Å². The molecule has 0 saturated carbocycles. The number of para-hydroxylation sites is 2. The molecule has 0 fully saturated rings. The van der Waals surface area contributed by atoms with Crippen LogP contribution in [0.15, 0.2) is 48.8 Å². The van der Waals surface area contributed by atoms with Gasteiger partial charge in [0.05, 0.1) is 17.4 Å². The summed E-state index contributed by atoms with van der Waals surface area (Å²) in [6, 6.07) is 12.8. The Hall–Kier alpha value is -2.82. The van der Waals surface area contributed by atoms with Gasteiger partial charge in [-0.15, -0.1) is 0 Å². The summed E-state index contributed by atoms with van der Waals surface area (Å²) >= 11 is 0. The molecule has 22 heavy (non-hydrogen) atoms. The number of amides is 1. The number of nitrogens with zero attached hydrogens (tertiary/aromatic N) is 2. The van der Waals surface area contributed by atoms with Crippen molar-refractivity contribution < 1.29 is 4.79 Å². The number of hydrogen-bond donors (Lipinski definition) is 2. The lowest BCUT2D eigenvalue weighted by atomic mass is 10.1. The molecule has 5 nitrogen and oxygen atoms in total. The van der Waals surface area contributed by atoms with Crippen molar-refractivity contribution in [1.29, 1.82) is 0 Å². The summed E-state index contributed by atoms with van der Waals surface area (Å²) in [7, 11) is 0. The Morgan fingerprint density at radius 3 is 2.82 bits per heavy atom. The number of benzene rings is 2. The van der Waals surface area contributed by atoms with Crippen molar-refractivity contribution in [3.63, 3.8) is 0 Å². The second kappa shape index (κ2) is 5.52. The van der Waals surface area contributed by atoms with Crippen molar-refractivity contribution in [3.05, 3.63) is 54.4 Å². The highest BCUT2D eigenvalue weighted by atomic mass is 16.2. The lowest BCUT2D eigenvalue weighted by Crippen LogP contribution is -2.23. The highest BCUT2D eigenvalue weighted by Crippen LogP contribution is 2.21. The fourth-order valence-corrected chi connectivity index (χ4v) is 2.48. The maximum atomic E-state index is 12.5. The van der Waals surface area contributed by atoms with Crippen LogP contribution in [-0.2, 0) is 4.79 Å². The number of fused-ring (bicyclic) bond motifs is 1. The zero-order valence-electron chi connectivity index (χ0n) is 12.6. The number of aromatic nitrogens is 2. The topological polar surface area (TPSA) is 72.9 Å². The molecule has 0 aliphatic heterocycles. The molecule has 0 radical (unpaired) electrons. The Labute approximate surface area is 128 Å². The largest absolute Gasteiger partial charge is 0.399 e. The van der Waals surface area contributed by atoms with E-state index in [1.807, 2.05) is 54.8 Å². The zero-order valence-corrected chi connectivity index (χ0v) is 12.6. The van der Waals surface area contributed by atoms with Crippen molar-refractivity contribution in [2.75, 3.05) is 11.1 Å². The Morgan fingerprint density at radius 2 is 2.05 bits per heavy atom. The van der Waals surface area contributed by atoms with Crippen LogP contribution in [0, 0.1) is 6.92 Å². The van der Waals surface area contributed by atoms with E-state index in [1.165, 1.54) is 0 Å². The molecule has 3 aromatic rings. The summed E-state index contributed by atoms with van der Waals surface area (Å²) in [6.45, 7) is 3.78. The van der Waals surface area contributed by atoms with Gasteiger partial charge < -0.3 is 15.6 Å². The van der Waals surface area contributed by atoms with E-state index in [0.717, 1.165) is 22.3 Å². The van der Waals surface area contributed by atoms with Crippen molar-refractivity contribution in [1.82, 2.24) is 9.55 Å². The van der Waals surface area contributed by atoms with E-state index in [2.05, 4.69) is 10.3 Å². The summed E-state index contributed by atoms with van der Waals surface area (Å²) in [5, 5.41) is 2.95. The van der Waals surface area contributed by atoms with Crippen molar-refractivity contribution in [3.8, 4) is 0 Å². The first-order valence-corrected chi connectivity index (χ1v) is 7.15. The standard InChI is InChI=1S/C17H18N4O/c1-11-9-13(18)7-8-14(11)20-17(22)12(2)21-10-19-15-5-3-4-6-16(15)21/h3-10,12H,18H2,1-2H3,(H,20,22). The predicted molar refractivity (Wildman–Crippen MR) is 88.7 cm³/mol. The van der Waals surface area contributed by atoms with E-state index < -0.39 is 0 Å². The number of anilines is 2. The number of nitrogen functional groups attached to an aromatic ring is 1. The molecular formula is C17H18N4O. The Bertz CT molecular complexity index is 838. The molecule has 0 aliphatic rings. The fourth-order valence-electron chi connectivity index (χ4n) is 2.48. The van der Waals surface area contributed by atoms with Gasteiger partial charge in [0.2, 0.25) is 5.91 Å². The van der Waals surface area contributed by atoms with Crippen molar-refractivity contribution in [2.45, 2.75) is 19.9 Å². The van der Waals surface area contributed by atoms with E-state index in [0.29, 0.717) is 5.69 Å². The van der Waals surface area contributed by atoms with Crippen LogP contribution in [-0.4, -0.2) is 15.5 Å². The molecule has 1 atom stereocenters. The van der Waals surface area contributed by atoms with Crippen LogP contribution in [0.3, 0.4) is 0 Å². The summed E-state index contributed by atoms with van der Waals surface area (Å²) in [5.74, 6) is -0.0870. The van der Waals surface area contributed by atoms with Gasteiger partial charge in [0.1, 0.15) is 6.04 Å². The number of aryl methyl sites for hydroxylation is 1. The van der Waals surface area contributed by atoms with Gasteiger partial charge in [0, 0.05) is 11.4 Å². The molecule has 3 rings (SSSR count). The van der Waals surface area contributed by atoms with Crippen LogP contribution in [0.4, 0.5) is 11.4 Å². The Kier molecular flexibility index (Phi) is 3.55. The van der Waals surface area contributed by atoms with Crippen LogP contribution in [0.5, 0.6) is 0 Å². The number of carbonyl (C=O) groups is 1. The summed E-state index contributed by atoms with van der Waals surface area (Å²) in [6.07, 6.45) is 1.70. The van der Waals surface area contributed by atoms with Gasteiger partial charge in [-0.1, -0.05) is 12.1 Å². The van der Waals surface area contributed by atoms with E-state index in [1.54, 1.807) is 12.4 Å². The lowest BCUT2D eigenvalue weighted by Gasteiger charge is -2.16. The molecule has 1 unspecified atom stereocenters. The average Bonchev–Trinajstić information content (AvgIpc) is 2.93. The molecule has 0 saturated heterocycles. The molecule has 0 aliphatic carbocycles. The van der Waals surface area contributed by atoms with Crippen LogP contribution < -0.4 is 11.1 Å². The van der Waals surface area contributed by atoms with Gasteiger partial charge in [0.25, 0.3) is 0 Å². The highest BCUT2D eigenvalue weighted by molar-refractivity contribution is 5.95. The molecule has 1 amide bonds. The maximum absolute atomic E-state index is 12.5. The van der Waals surface area contributed by atoms with Gasteiger partial charge in [-0.3, -0.25) is 4.79 Å². The molecule has 3 N–H and O–H groups in total. The van der Waals surface area contributed by atoms with Crippen LogP contribution in [0.2, 0.25) is 0 Å². The second-order valence-corrected chi connectivity index (χ2v) is 5.38. The monoisotopic (exact) mass is 294 g/mol. The first kappa shape index (κ1) is 14.1. The van der Waals surface area contributed by atoms with Crippen LogP contribution in [0.25, 0.3) is 11.0 Å². The van der Waals surface area contributed by atoms with E-state index in [-0.39, 0.29) is 11.9 Å². The molecule has 0 bridgehead atoms. The Morgan fingerprint density at radius 1 is 1.27 bits per heavy atom. The number of rotatable bonds is 3. The molecule has 1 heterocycles. The quantitative estimate of drug-likeness (QED) is 0.729. The third kappa shape index (κ3) is 2.53. The minimum atomic E-state index is -0.357. The lowest BCUT2D eigenvalue weighted by molar-refractivity contribution is -0.118. The van der Waals surface area contributed by atoms with Crippen molar-refractivity contribution >= 4 is 28.3 Å². The second-order valence-electron chi connectivity index (χ2n) is 5.38. The van der Waals surface area contributed by atoms with E-state index in [9.17, 15) is 4.79 Å². The van der Waals surface area contributed by atoms with Crippen molar-refractivity contribution in [2.24, 2.45) is 0 Å². The maximum Gasteiger partial charge on any atom is 0.247 e. The van der Waals surface area contributed by atoms with E-state index in [4.69, 9.17) is 5.73 Å². The first-order valence-electron chi connectivity index (χ1n) is 7.15. The first-order chi connectivity index (χ1) is 10.6. The van der Waals surface area contributed by atoms with Gasteiger partial charge >= 0.3 is 0 Å². The summed E-state index contributed by atoms with van der Waals surface area (Å²) < 4.78 is 1.87. The summed E-state index contributed by atoms with van der Waals surface area (Å²) in [5.41, 5.74) is 9.96. The summed E-state index contributed by atoms with van der Waals surface area (Å²) in [4.78, 5) is 16.8. The highest BCUT2D eigenvalue weighted by Gasteiger charge is 2.17. The molecule has 5 heteroatoms. The number of carbonyl (C=O) groups excluding carboxylic acids is 1. The minimum Gasteiger partial charge on any atom is -0.399 e. The number of hydrogen-bond acceptors (Lipinski definition) is 3. The average molecular weight is 294 g/mol. The predicted octanol–water partition coefficient (Wildman–Crippen LogP) is 3.13. The van der Waals surface area contributed by atoms with Gasteiger partial charge in [-0.2, -0.15) is 0 Å². The molecular weight excluding hydrogens is 276 g/mol. The minimum absolute atomic E-state index is 0.0870. The third-order valence-corrected chi connectivity index (χ3v) is 3.79. The van der Waals surface area contributed by atoms with E-state index >= 15 is 0 Å². The Balaban J connectivity index is 1.85. The third-order valence-electron chi connectivity index (χ3n) is 3.79.